The van der Waals surface area contributed by atoms with Crippen LogP contribution < -0.4 is 20.7 Å². The minimum Gasteiger partial charge on any atom is -0.494 e. The molecule has 0 aromatic heterocycles. The van der Waals surface area contributed by atoms with Crippen LogP contribution in [0.5, 0.6) is 5.75 Å². The number of anilines is 1. The molecule has 0 spiro atoms. The van der Waals surface area contributed by atoms with Gasteiger partial charge in [-0.25, -0.2) is 0 Å². The van der Waals surface area contributed by atoms with E-state index < -0.39 is 0 Å². The Hall–Kier alpha value is -3.02. The summed E-state index contributed by atoms with van der Waals surface area (Å²) in [7, 11) is 0. The Morgan fingerprint density at radius 2 is 1.92 bits per heavy atom. The van der Waals surface area contributed by atoms with Crippen LogP contribution in [0.4, 0.5) is 5.69 Å². The molecule has 25 heavy (non-hydrogen) atoms. The summed E-state index contributed by atoms with van der Waals surface area (Å²) in [5.74, 6) is 1.47. The van der Waals surface area contributed by atoms with Crippen molar-refractivity contribution in [2.24, 2.45) is 4.99 Å². The fourth-order valence-corrected chi connectivity index (χ4v) is 2.48. The lowest BCUT2D eigenvalue weighted by Gasteiger charge is -2.09. The standard InChI is InChI=1S/C19H22N4O2/c1-2-25-17-9-5-15(6-10-17)18(24)22-13-14-3-7-16(8-4-14)23-19-20-11-12-21-19/h3-10H,2,11-13H2,1H3,(H,22,24)(H2,20,21,23). The molecule has 0 atom stereocenters. The molecule has 2 aromatic carbocycles. The van der Waals surface area contributed by atoms with E-state index in [0.29, 0.717) is 18.7 Å². The Bertz CT molecular complexity index is 739. The number of amides is 1. The van der Waals surface area contributed by atoms with Crippen molar-refractivity contribution in [1.82, 2.24) is 10.6 Å². The van der Waals surface area contributed by atoms with Crippen LogP contribution in [-0.4, -0.2) is 31.6 Å². The summed E-state index contributed by atoms with van der Waals surface area (Å²) in [6.07, 6.45) is 0. The normalized spacial score (nSPS) is 12.9. The van der Waals surface area contributed by atoms with Gasteiger partial charge in [0, 0.05) is 24.3 Å². The van der Waals surface area contributed by atoms with Crippen LogP contribution in [0.3, 0.4) is 0 Å². The van der Waals surface area contributed by atoms with E-state index in [1.165, 1.54) is 0 Å². The minimum atomic E-state index is -0.102. The Labute approximate surface area is 147 Å². The van der Waals surface area contributed by atoms with Crippen LogP contribution in [0.1, 0.15) is 22.8 Å². The van der Waals surface area contributed by atoms with Crippen LogP contribution in [-0.2, 0) is 6.54 Å². The average molecular weight is 338 g/mol. The molecule has 0 fully saturated rings. The molecule has 3 N–H and O–H groups in total. The second-order valence-corrected chi connectivity index (χ2v) is 5.62. The summed E-state index contributed by atoms with van der Waals surface area (Å²) in [5.41, 5.74) is 2.62. The highest BCUT2D eigenvalue weighted by molar-refractivity contribution is 5.95. The number of nitrogens with one attached hydrogen (secondary N) is 3. The number of carbonyl (C=O) groups excluding carboxylic acids is 1. The van der Waals surface area contributed by atoms with Gasteiger partial charge in [0.05, 0.1) is 13.2 Å². The number of carbonyl (C=O) groups is 1. The second kappa shape index (κ2) is 8.19. The highest BCUT2D eigenvalue weighted by Gasteiger charge is 2.07. The zero-order valence-corrected chi connectivity index (χ0v) is 14.2. The first-order valence-electron chi connectivity index (χ1n) is 8.40. The number of aliphatic imine (C=N–C) groups is 1. The number of ether oxygens (including phenoxy) is 1. The molecule has 0 unspecified atom stereocenters. The number of guanidine groups is 1. The van der Waals surface area contributed by atoms with E-state index in [2.05, 4.69) is 20.9 Å². The molecule has 0 saturated carbocycles. The van der Waals surface area contributed by atoms with Crippen molar-refractivity contribution in [2.75, 3.05) is 25.0 Å². The van der Waals surface area contributed by atoms with Crippen molar-refractivity contribution in [3.63, 3.8) is 0 Å². The zero-order chi connectivity index (χ0) is 17.5. The van der Waals surface area contributed by atoms with Gasteiger partial charge in [0.15, 0.2) is 5.96 Å². The van der Waals surface area contributed by atoms with E-state index in [4.69, 9.17) is 4.74 Å². The molecular formula is C19H22N4O2. The van der Waals surface area contributed by atoms with Crippen LogP contribution in [0, 0.1) is 0 Å². The van der Waals surface area contributed by atoms with Crippen LogP contribution >= 0.6 is 0 Å². The van der Waals surface area contributed by atoms with Gasteiger partial charge in [0.25, 0.3) is 5.91 Å². The van der Waals surface area contributed by atoms with Gasteiger partial charge in [-0.15, -0.1) is 0 Å². The maximum atomic E-state index is 12.2. The molecule has 6 nitrogen and oxygen atoms in total. The Morgan fingerprint density at radius 1 is 1.16 bits per heavy atom. The van der Waals surface area contributed by atoms with Gasteiger partial charge in [-0.2, -0.15) is 0 Å². The van der Waals surface area contributed by atoms with Gasteiger partial charge in [0.2, 0.25) is 0 Å². The summed E-state index contributed by atoms with van der Waals surface area (Å²) < 4.78 is 5.38. The fourth-order valence-electron chi connectivity index (χ4n) is 2.48. The largest absolute Gasteiger partial charge is 0.494 e. The number of benzene rings is 2. The molecule has 0 bridgehead atoms. The highest BCUT2D eigenvalue weighted by Crippen LogP contribution is 2.13. The molecule has 2 aromatic rings. The highest BCUT2D eigenvalue weighted by atomic mass is 16.5. The van der Waals surface area contributed by atoms with E-state index in [1.54, 1.807) is 24.3 Å². The summed E-state index contributed by atoms with van der Waals surface area (Å²) in [6, 6.07) is 15.1. The van der Waals surface area contributed by atoms with Crippen LogP contribution in [0.25, 0.3) is 0 Å². The molecule has 1 aliphatic heterocycles. The first kappa shape index (κ1) is 16.8. The Balaban J connectivity index is 1.51. The van der Waals surface area contributed by atoms with Crippen molar-refractivity contribution in [3.8, 4) is 5.75 Å². The first-order valence-corrected chi connectivity index (χ1v) is 8.40. The molecule has 6 heteroatoms. The van der Waals surface area contributed by atoms with Crippen molar-refractivity contribution in [3.05, 3.63) is 59.7 Å². The number of hydrogen-bond donors (Lipinski definition) is 3. The van der Waals surface area contributed by atoms with E-state index in [9.17, 15) is 4.79 Å². The summed E-state index contributed by atoms with van der Waals surface area (Å²) >= 11 is 0. The van der Waals surface area contributed by atoms with Crippen molar-refractivity contribution in [1.29, 1.82) is 0 Å². The van der Waals surface area contributed by atoms with E-state index >= 15 is 0 Å². The quantitative estimate of drug-likeness (QED) is 0.756. The molecular weight excluding hydrogens is 316 g/mol. The number of nitrogens with zero attached hydrogens (tertiary/aromatic N) is 1. The average Bonchev–Trinajstić information content (AvgIpc) is 3.15. The van der Waals surface area contributed by atoms with E-state index in [1.807, 2.05) is 31.2 Å². The molecule has 130 valence electrons. The predicted octanol–water partition coefficient (Wildman–Crippen LogP) is 2.39. The fraction of sp³-hybridized carbons (Fsp3) is 0.263. The Kier molecular flexibility index (Phi) is 5.51. The van der Waals surface area contributed by atoms with Gasteiger partial charge in [0.1, 0.15) is 5.75 Å². The lowest BCUT2D eigenvalue weighted by Crippen LogP contribution is -2.26. The summed E-state index contributed by atoms with van der Waals surface area (Å²) in [6.45, 7) is 4.69. The molecule has 3 rings (SSSR count). The third-order valence-electron chi connectivity index (χ3n) is 3.77. The summed E-state index contributed by atoms with van der Waals surface area (Å²) in [5, 5.41) is 9.30. The van der Waals surface area contributed by atoms with Gasteiger partial charge >= 0.3 is 0 Å². The van der Waals surface area contributed by atoms with Crippen molar-refractivity contribution >= 4 is 17.6 Å². The molecule has 1 aliphatic rings. The van der Waals surface area contributed by atoms with Crippen molar-refractivity contribution in [2.45, 2.75) is 13.5 Å². The van der Waals surface area contributed by atoms with Gasteiger partial charge in [-0.05, 0) is 48.9 Å². The first-order chi connectivity index (χ1) is 12.2. The molecule has 1 heterocycles. The summed E-state index contributed by atoms with van der Waals surface area (Å²) in [4.78, 5) is 16.5. The molecule has 0 radical (unpaired) electrons. The monoisotopic (exact) mass is 338 g/mol. The molecule has 0 saturated heterocycles. The SMILES string of the molecule is CCOc1ccc(C(=O)NCc2ccc(NC3=NCCN3)cc2)cc1. The predicted molar refractivity (Wildman–Crippen MR) is 99.2 cm³/mol. The minimum absolute atomic E-state index is 0.102. The smallest absolute Gasteiger partial charge is 0.251 e. The van der Waals surface area contributed by atoms with Gasteiger partial charge < -0.3 is 20.7 Å². The number of hydrogen-bond acceptors (Lipinski definition) is 5. The van der Waals surface area contributed by atoms with E-state index in [0.717, 1.165) is 36.0 Å². The second-order valence-electron chi connectivity index (χ2n) is 5.62. The molecule has 0 aliphatic carbocycles. The Morgan fingerprint density at radius 3 is 2.56 bits per heavy atom. The lowest BCUT2D eigenvalue weighted by molar-refractivity contribution is 0.0951. The van der Waals surface area contributed by atoms with Crippen LogP contribution in [0.2, 0.25) is 0 Å². The third kappa shape index (κ3) is 4.73. The lowest BCUT2D eigenvalue weighted by atomic mass is 10.1. The maximum absolute atomic E-state index is 12.2. The van der Waals surface area contributed by atoms with Gasteiger partial charge in [-0.1, -0.05) is 12.1 Å². The number of rotatable bonds is 6. The topological polar surface area (TPSA) is 74.8 Å². The van der Waals surface area contributed by atoms with Crippen LogP contribution in [0.15, 0.2) is 53.5 Å². The van der Waals surface area contributed by atoms with E-state index in [-0.39, 0.29) is 5.91 Å². The molecule has 1 amide bonds. The maximum Gasteiger partial charge on any atom is 0.251 e. The third-order valence-corrected chi connectivity index (χ3v) is 3.77. The van der Waals surface area contributed by atoms with Crippen molar-refractivity contribution < 1.29 is 9.53 Å². The van der Waals surface area contributed by atoms with Gasteiger partial charge in [-0.3, -0.25) is 9.79 Å². The zero-order valence-electron chi connectivity index (χ0n) is 14.2.